The largest absolute Gasteiger partial charge is 0.369 e. The molecular weight excluding hydrogens is 318 g/mol. The lowest BCUT2D eigenvalue weighted by molar-refractivity contribution is 1.15. The zero-order valence-corrected chi connectivity index (χ0v) is 13.4. The van der Waals surface area contributed by atoms with Gasteiger partial charge in [0.25, 0.3) is 0 Å². The van der Waals surface area contributed by atoms with Crippen LogP contribution in [0.15, 0.2) is 60.7 Å². The lowest BCUT2D eigenvalue weighted by Gasteiger charge is -2.10. The average Bonchev–Trinajstić information content (AvgIpc) is 2.62. The van der Waals surface area contributed by atoms with E-state index in [1.54, 1.807) is 0 Å². The van der Waals surface area contributed by atoms with Gasteiger partial charge in [-0.15, -0.1) is 0 Å². The van der Waals surface area contributed by atoms with Crippen molar-refractivity contribution in [2.24, 2.45) is 0 Å². The summed E-state index contributed by atoms with van der Waals surface area (Å²) in [7, 11) is 0. The zero-order chi connectivity index (χ0) is 16.5. The third-order valence-electron chi connectivity index (χ3n) is 3.66. The van der Waals surface area contributed by atoms with Crippen molar-refractivity contribution in [3.63, 3.8) is 0 Å². The van der Waals surface area contributed by atoms with E-state index in [1.807, 2.05) is 60.7 Å². The van der Waals surface area contributed by atoms with Gasteiger partial charge in [0.2, 0.25) is 5.95 Å². The number of nitrogen functional groups attached to an aromatic ring is 1. The molecule has 0 amide bonds. The van der Waals surface area contributed by atoms with E-state index in [1.165, 1.54) is 0 Å². The Kier molecular flexibility index (Phi) is 3.51. The topological polar surface area (TPSA) is 80.5 Å². The second-order valence-corrected chi connectivity index (χ2v) is 5.66. The lowest BCUT2D eigenvalue weighted by atomic mass is 10.0. The molecule has 4 aromatic rings. The lowest BCUT2D eigenvalue weighted by Crippen LogP contribution is -2.02. The molecular formula is C18H13N5S. The van der Waals surface area contributed by atoms with E-state index < -0.39 is 0 Å². The fourth-order valence-corrected chi connectivity index (χ4v) is 2.82. The summed E-state index contributed by atoms with van der Waals surface area (Å²) in [6.07, 6.45) is 0. The zero-order valence-electron chi connectivity index (χ0n) is 12.6. The van der Waals surface area contributed by atoms with Crippen LogP contribution in [0.5, 0.6) is 0 Å². The molecule has 5 nitrogen and oxygen atoms in total. The van der Waals surface area contributed by atoms with Crippen LogP contribution < -0.4 is 5.73 Å². The molecule has 0 unspecified atom stereocenters. The molecule has 0 saturated carbocycles. The van der Waals surface area contributed by atoms with E-state index in [4.69, 9.17) is 27.9 Å². The first kappa shape index (κ1) is 14.5. The third kappa shape index (κ3) is 2.53. The molecule has 0 aliphatic heterocycles. The second-order valence-electron chi connectivity index (χ2n) is 5.28. The highest BCUT2D eigenvalue weighted by Gasteiger charge is 2.14. The van der Waals surface area contributed by atoms with E-state index in [0.29, 0.717) is 15.8 Å². The molecule has 2 heterocycles. The number of nitrogens with two attached hydrogens (primary N) is 1. The van der Waals surface area contributed by atoms with Crippen molar-refractivity contribution in [2.45, 2.75) is 0 Å². The molecule has 0 aliphatic carbocycles. The van der Waals surface area contributed by atoms with Gasteiger partial charge in [0, 0.05) is 11.1 Å². The normalized spacial score (nSPS) is 10.8. The van der Waals surface area contributed by atoms with Gasteiger partial charge in [0.05, 0.1) is 11.4 Å². The number of fused-ring (bicyclic) bond motifs is 1. The van der Waals surface area contributed by atoms with Gasteiger partial charge in [-0.1, -0.05) is 72.9 Å². The number of anilines is 1. The molecule has 0 fully saturated rings. The maximum Gasteiger partial charge on any atom is 0.200 e. The van der Waals surface area contributed by atoms with Gasteiger partial charge in [-0.3, -0.25) is 0 Å². The van der Waals surface area contributed by atoms with Gasteiger partial charge in [0.1, 0.15) is 5.52 Å². The van der Waals surface area contributed by atoms with Crippen molar-refractivity contribution >= 4 is 29.3 Å². The number of nitrogens with zero attached hydrogens (tertiary/aromatic N) is 3. The number of rotatable bonds is 2. The van der Waals surface area contributed by atoms with E-state index in [9.17, 15) is 0 Å². The van der Waals surface area contributed by atoms with Crippen molar-refractivity contribution in [2.75, 3.05) is 5.73 Å². The van der Waals surface area contributed by atoms with Crippen molar-refractivity contribution in [3.05, 3.63) is 65.3 Å². The van der Waals surface area contributed by atoms with Gasteiger partial charge in [0.15, 0.2) is 10.3 Å². The molecule has 116 valence electrons. The summed E-state index contributed by atoms with van der Waals surface area (Å²) in [6.45, 7) is 0. The van der Waals surface area contributed by atoms with Crippen LogP contribution in [-0.2, 0) is 0 Å². The highest BCUT2D eigenvalue weighted by atomic mass is 32.1. The Morgan fingerprint density at radius 1 is 0.750 bits per heavy atom. The first-order valence-corrected chi connectivity index (χ1v) is 7.81. The van der Waals surface area contributed by atoms with Crippen LogP contribution in [0.3, 0.4) is 0 Å². The molecule has 0 aliphatic rings. The molecule has 2 aromatic carbocycles. The molecule has 0 saturated heterocycles. The maximum absolute atomic E-state index is 5.76. The number of hydrogen-bond donors (Lipinski definition) is 2. The Morgan fingerprint density at radius 2 is 1.29 bits per heavy atom. The first-order valence-electron chi connectivity index (χ1n) is 7.41. The van der Waals surface area contributed by atoms with Gasteiger partial charge < -0.3 is 10.7 Å². The number of hydrogen-bond acceptors (Lipinski definition) is 5. The highest BCUT2D eigenvalue weighted by molar-refractivity contribution is 7.71. The van der Waals surface area contributed by atoms with Crippen molar-refractivity contribution in [1.82, 2.24) is 19.9 Å². The number of nitrogens with one attached hydrogen (secondary N) is 1. The predicted octanol–water partition coefficient (Wildman–Crippen LogP) is 4.00. The first-order chi connectivity index (χ1) is 11.7. The molecule has 24 heavy (non-hydrogen) atoms. The van der Waals surface area contributed by atoms with Crippen LogP contribution in [0, 0.1) is 4.64 Å². The highest BCUT2D eigenvalue weighted by Crippen LogP contribution is 2.30. The van der Waals surface area contributed by atoms with Gasteiger partial charge in [-0.2, -0.15) is 0 Å². The molecule has 0 atom stereocenters. The van der Waals surface area contributed by atoms with Crippen LogP contribution in [0.2, 0.25) is 0 Å². The van der Waals surface area contributed by atoms with Crippen LogP contribution in [0.25, 0.3) is 33.7 Å². The van der Waals surface area contributed by atoms with Crippen molar-refractivity contribution < 1.29 is 0 Å². The summed E-state index contributed by atoms with van der Waals surface area (Å²) >= 11 is 5.30. The Morgan fingerprint density at radius 3 is 1.88 bits per heavy atom. The van der Waals surface area contributed by atoms with Gasteiger partial charge in [-0.05, 0) is 0 Å². The number of aromatic nitrogens is 4. The monoisotopic (exact) mass is 331 g/mol. The Labute approximate surface area is 143 Å². The van der Waals surface area contributed by atoms with E-state index in [2.05, 4.69) is 9.97 Å². The van der Waals surface area contributed by atoms with Crippen LogP contribution in [0.4, 0.5) is 5.95 Å². The fraction of sp³-hybridized carbons (Fsp3) is 0. The van der Waals surface area contributed by atoms with E-state index >= 15 is 0 Å². The van der Waals surface area contributed by atoms with Crippen LogP contribution in [-0.4, -0.2) is 19.9 Å². The summed E-state index contributed by atoms with van der Waals surface area (Å²) in [5, 5.41) is 0. The maximum atomic E-state index is 5.76. The number of benzene rings is 2. The van der Waals surface area contributed by atoms with E-state index in [0.717, 1.165) is 22.5 Å². The quantitative estimate of drug-likeness (QED) is 0.543. The number of H-pyrrole nitrogens is 1. The minimum absolute atomic E-state index is 0.230. The Balaban J connectivity index is 2.10. The molecule has 0 bridgehead atoms. The van der Waals surface area contributed by atoms with Gasteiger partial charge in [-0.25, -0.2) is 15.0 Å². The minimum Gasteiger partial charge on any atom is -0.369 e. The summed E-state index contributed by atoms with van der Waals surface area (Å²) in [5.74, 6) is 0.230. The SMILES string of the molecule is Nc1nc(=S)c2nc(-c3ccccc3)c(-c3ccccc3)nc2[nH]1. The van der Waals surface area contributed by atoms with Gasteiger partial charge >= 0.3 is 0 Å². The number of aromatic amines is 1. The molecule has 4 rings (SSSR count). The summed E-state index contributed by atoms with van der Waals surface area (Å²) < 4.78 is 0.338. The van der Waals surface area contributed by atoms with Crippen LogP contribution in [0.1, 0.15) is 0 Å². The summed E-state index contributed by atoms with van der Waals surface area (Å²) in [5.41, 5.74) is 10.3. The molecule has 0 spiro atoms. The minimum atomic E-state index is 0.230. The van der Waals surface area contributed by atoms with Crippen molar-refractivity contribution in [1.29, 1.82) is 0 Å². The van der Waals surface area contributed by atoms with E-state index in [-0.39, 0.29) is 5.95 Å². The Hall–Kier alpha value is -3.12. The average molecular weight is 331 g/mol. The second kappa shape index (κ2) is 5.82. The fourth-order valence-electron chi connectivity index (χ4n) is 2.58. The summed E-state index contributed by atoms with van der Waals surface area (Å²) in [6, 6.07) is 19.8. The molecule has 2 aromatic heterocycles. The smallest absolute Gasteiger partial charge is 0.200 e. The van der Waals surface area contributed by atoms with Crippen molar-refractivity contribution in [3.8, 4) is 22.5 Å². The predicted molar refractivity (Wildman–Crippen MR) is 97.8 cm³/mol. The molecule has 0 radical (unpaired) electrons. The summed E-state index contributed by atoms with van der Waals surface area (Å²) in [4.78, 5) is 16.5. The third-order valence-corrected chi connectivity index (χ3v) is 3.95. The Bertz CT molecular complexity index is 1080. The molecule has 3 N–H and O–H groups in total. The standard InChI is InChI=1S/C18H13N5S/c19-18-22-16-15(17(24)23-18)20-13(11-7-3-1-4-8-11)14(21-16)12-9-5-2-6-10-12/h1-10H,(H3,19,21,22,23,24). The molecule has 6 heteroatoms. The van der Waals surface area contributed by atoms with Crippen LogP contribution >= 0.6 is 12.2 Å².